The first kappa shape index (κ1) is 17.8. The molecule has 0 bridgehead atoms. The van der Waals surface area contributed by atoms with Crippen LogP contribution in [0.5, 0.6) is 11.5 Å². The standard InChI is InChI=1S/C20H18N2O3/c1-14-4-2-6-16(10-14)13-22-20(25)17(12-21)7-3-5-15-8-9-18(23)19(24)11-15/h2-11,23-24H,13H2,1H3,(H,22,25)/b5-3+,17-7+. The molecule has 3 N–H and O–H groups in total. The Bertz CT molecular complexity index is 877. The van der Waals surface area contributed by atoms with Crippen LogP contribution in [0.2, 0.25) is 0 Å². The molecule has 1 amide bonds. The van der Waals surface area contributed by atoms with Gasteiger partial charge in [0.25, 0.3) is 5.91 Å². The Morgan fingerprint density at radius 1 is 1.20 bits per heavy atom. The molecule has 5 nitrogen and oxygen atoms in total. The van der Waals surface area contributed by atoms with Crippen molar-refractivity contribution in [3.8, 4) is 17.6 Å². The molecule has 126 valence electrons. The van der Waals surface area contributed by atoms with Crippen LogP contribution in [0, 0.1) is 18.3 Å². The fraction of sp³-hybridized carbons (Fsp3) is 0.100. The second-order valence-electron chi connectivity index (χ2n) is 5.47. The van der Waals surface area contributed by atoms with Crippen LogP contribution in [0.1, 0.15) is 16.7 Å². The van der Waals surface area contributed by atoms with Gasteiger partial charge in [-0.1, -0.05) is 48.0 Å². The predicted octanol–water partition coefficient (Wildman–Crippen LogP) is 3.19. The predicted molar refractivity (Wildman–Crippen MR) is 95.5 cm³/mol. The average molecular weight is 334 g/mol. The average Bonchev–Trinajstić information content (AvgIpc) is 2.60. The summed E-state index contributed by atoms with van der Waals surface area (Å²) in [5.41, 5.74) is 2.67. The number of rotatable bonds is 5. The van der Waals surface area contributed by atoms with Crippen molar-refractivity contribution >= 4 is 12.0 Å². The van der Waals surface area contributed by atoms with Gasteiger partial charge in [-0.05, 0) is 36.3 Å². The highest BCUT2D eigenvalue weighted by molar-refractivity contribution is 5.97. The van der Waals surface area contributed by atoms with Crippen LogP contribution in [-0.4, -0.2) is 16.1 Å². The minimum absolute atomic E-state index is 0.0214. The summed E-state index contributed by atoms with van der Waals surface area (Å²) in [4.78, 5) is 12.1. The SMILES string of the molecule is Cc1cccc(CNC(=O)/C(C#N)=C/C=C/c2ccc(O)c(O)c2)c1. The topological polar surface area (TPSA) is 93.4 Å². The number of nitrogens with zero attached hydrogens (tertiary/aromatic N) is 1. The molecule has 25 heavy (non-hydrogen) atoms. The molecule has 0 aliphatic heterocycles. The van der Waals surface area contributed by atoms with E-state index in [0.717, 1.165) is 11.1 Å². The number of carbonyl (C=O) groups excluding carboxylic acids is 1. The molecule has 0 radical (unpaired) electrons. The van der Waals surface area contributed by atoms with Crippen molar-refractivity contribution in [1.29, 1.82) is 5.26 Å². The molecule has 0 heterocycles. The first-order valence-corrected chi connectivity index (χ1v) is 7.64. The van der Waals surface area contributed by atoms with Gasteiger partial charge in [-0.2, -0.15) is 5.26 Å². The maximum atomic E-state index is 12.1. The first-order valence-electron chi connectivity index (χ1n) is 7.64. The van der Waals surface area contributed by atoms with E-state index in [0.29, 0.717) is 12.1 Å². The number of carbonyl (C=O) groups is 1. The van der Waals surface area contributed by atoms with Crippen molar-refractivity contribution in [3.05, 3.63) is 76.9 Å². The van der Waals surface area contributed by atoms with Crippen LogP contribution in [0.25, 0.3) is 6.08 Å². The number of allylic oxidation sites excluding steroid dienone is 2. The summed E-state index contributed by atoms with van der Waals surface area (Å²) < 4.78 is 0. The molecular formula is C20H18N2O3. The molecule has 2 aromatic rings. The van der Waals surface area contributed by atoms with E-state index >= 15 is 0 Å². The van der Waals surface area contributed by atoms with Gasteiger partial charge in [0.15, 0.2) is 11.5 Å². The Morgan fingerprint density at radius 2 is 2.00 bits per heavy atom. The van der Waals surface area contributed by atoms with Crippen LogP contribution in [0.3, 0.4) is 0 Å². The van der Waals surface area contributed by atoms with Crippen molar-refractivity contribution in [2.45, 2.75) is 13.5 Å². The van der Waals surface area contributed by atoms with Crippen molar-refractivity contribution in [2.75, 3.05) is 0 Å². The van der Waals surface area contributed by atoms with Gasteiger partial charge in [-0.3, -0.25) is 4.79 Å². The molecule has 5 heteroatoms. The number of benzene rings is 2. The molecule has 2 rings (SSSR count). The van der Waals surface area contributed by atoms with Gasteiger partial charge in [-0.15, -0.1) is 0 Å². The Labute approximate surface area is 146 Å². The molecule has 0 saturated carbocycles. The zero-order valence-electron chi connectivity index (χ0n) is 13.7. The van der Waals surface area contributed by atoms with E-state index in [-0.39, 0.29) is 17.1 Å². The first-order chi connectivity index (χ1) is 12.0. The number of nitrogens with one attached hydrogen (secondary N) is 1. The second-order valence-corrected chi connectivity index (χ2v) is 5.47. The maximum Gasteiger partial charge on any atom is 0.262 e. The number of aromatic hydroxyl groups is 2. The van der Waals surface area contributed by atoms with E-state index in [1.165, 1.54) is 24.3 Å². The molecule has 0 saturated heterocycles. The third kappa shape index (κ3) is 5.26. The molecule has 2 aromatic carbocycles. The molecular weight excluding hydrogens is 316 g/mol. The van der Waals surface area contributed by atoms with Gasteiger partial charge in [-0.25, -0.2) is 0 Å². The summed E-state index contributed by atoms with van der Waals surface area (Å²) >= 11 is 0. The van der Waals surface area contributed by atoms with E-state index in [1.54, 1.807) is 12.1 Å². The van der Waals surface area contributed by atoms with Gasteiger partial charge in [0.05, 0.1) is 0 Å². The van der Waals surface area contributed by atoms with E-state index in [1.807, 2.05) is 37.3 Å². The van der Waals surface area contributed by atoms with Crippen molar-refractivity contribution in [2.24, 2.45) is 0 Å². The number of phenols is 2. The monoisotopic (exact) mass is 334 g/mol. The summed E-state index contributed by atoms with van der Waals surface area (Å²) in [7, 11) is 0. The largest absolute Gasteiger partial charge is 0.504 e. The quantitative estimate of drug-likeness (QED) is 0.339. The lowest BCUT2D eigenvalue weighted by Crippen LogP contribution is -2.23. The number of phenolic OH excluding ortho intramolecular Hbond substituents is 2. The van der Waals surface area contributed by atoms with Gasteiger partial charge in [0.2, 0.25) is 0 Å². The lowest BCUT2D eigenvalue weighted by atomic mass is 10.1. The minimum atomic E-state index is -0.456. The molecule has 0 fully saturated rings. The van der Waals surface area contributed by atoms with Gasteiger partial charge in [0.1, 0.15) is 11.6 Å². The number of hydrogen-bond acceptors (Lipinski definition) is 4. The molecule has 0 aromatic heterocycles. The highest BCUT2D eigenvalue weighted by Crippen LogP contribution is 2.25. The summed E-state index contributed by atoms with van der Waals surface area (Å²) in [5.74, 6) is -0.898. The maximum absolute atomic E-state index is 12.1. The summed E-state index contributed by atoms with van der Waals surface area (Å²) in [6, 6.07) is 14.0. The normalized spacial score (nSPS) is 11.3. The Hall–Kier alpha value is -3.52. The molecule has 0 aliphatic rings. The zero-order valence-corrected chi connectivity index (χ0v) is 13.7. The molecule has 0 aliphatic carbocycles. The molecule has 0 atom stereocenters. The second kappa shape index (κ2) is 8.37. The van der Waals surface area contributed by atoms with Crippen LogP contribution in [0.4, 0.5) is 0 Å². The highest BCUT2D eigenvalue weighted by atomic mass is 16.3. The van der Waals surface area contributed by atoms with E-state index in [4.69, 9.17) is 5.26 Å². The number of amides is 1. The summed E-state index contributed by atoms with van der Waals surface area (Å²) in [5, 5.41) is 30.5. The van der Waals surface area contributed by atoms with Gasteiger partial charge >= 0.3 is 0 Å². The number of aryl methyl sites for hydroxylation is 1. The smallest absolute Gasteiger partial charge is 0.262 e. The number of nitriles is 1. The lowest BCUT2D eigenvalue weighted by molar-refractivity contribution is -0.117. The van der Waals surface area contributed by atoms with E-state index in [2.05, 4.69) is 5.32 Å². The minimum Gasteiger partial charge on any atom is -0.504 e. The number of hydrogen-bond donors (Lipinski definition) is 3. The third-order valence-corrected chi connectivity index (χ3v) is 3.45. The van der Waals surface area contributed by atoms with Gasteiger partial charge < -0.3 is 15.5 Å². The summed E-state index contributed by atoms with van der Waals surface area (Å²) in [6.07, 6.45) is 4.55. The van der Waals surface area contributed by atoms with E-state index < -0.39 is 5.91 Å². The van der Waals surface area contributed by atoms with Crippen molar-refractivity contribution in [1.82, 2.24) is 5.32 Å². The summed E-state index contributed by atoms with van der Waals surface area (Å²) in [6.45, 7) is 2.31. The fourth-order valence-corrected chi connectivity index (χ4v) is 2.16. The Kier molecular flexibility index (Phi) is 5.97. The fourth-order valence-electron chi connectivity index (χ4n) is 2.16. The van der Waals surface area contributed by atoms with Gasteiger partial charge in [0, 0.05) is 6.54 Å². The van der Waals surface area contributed by atoms with Crippen LogP contribution in [0.15, 0.2) is 60.2 Å². The van der Waals surface area contributed by atoms with Crippen LogP contribution in [-0.2, 0) is 11.3 Å². The van der Waals surface area contributed by atoms with E-state index in [9.17, 15) is 15.0 Å². The Morgan fingerprint density at radius 3 is 2.68 bits per heavy atom. The Balaban J connectivity index is 2.01. The third-order valence-electron chi connectivity index (χ3n) is 3.45. The zero-order chi connectivity index (χ0) is 18.2. The molecule has 0 spiro atoms. The highest BCUT2D eigenvalue weighted by Gasteiger charge is 2.07. The lowest BCUT2D eigenvalue weighted by Gasteiger charge is -2.05. The van der Waals surface area contributed by atoms with Crippen LogP contribution >= 0.6 is 0 Å². The van der Waals surface area contributed by atoms with Crippen molar-refractivity contribution < 1.29 is 15.0 Å². The molecule has 0 unspecified atom stereocenters. The van der Waals surface area contributed by atoms with Crippen LogP contribution < -0.4 is 5.32 Å². The van der Waals surface area contributed by atoms with Crippen molar-refractivity contribution in [3.63, 3.8) is 0 Å².